The topological polar surface area (TPSA) is 81.1 Å². The molecule has 0 radical (unpaired) electrons. The zero-order valence-corrected chi connectivity index (χ0v) is 9.59. The van der Waals surface area contributed by atoms with E-state index in [9.17, 15) is 9.59 Å². The zero-order valence-electron chi connectivity index (χ0n) is 9.59. The van der Waals surface area contributed by atoms with Crippen LogP contribution >= 0.6 is 0 Å². The Kier molecular flexibility index (Phi) is 4.26. The van der Waals surface area contributed by atoms with E-state index in [1.807, 2.05) is 7.05 Å². The SMILES string of the molecule is CN1CCC(N(C)C(CC(=O)O)C(=O)O)C1. The van der Waals surface area contributed by atoms with Crippen molar-refractivity contribution >= 4 is 11.9 Å². The zero-order chi connectivity index (χ0) is 12.3. The number of aliphatic carboxylic acids is 2. The smallest absolute Gasteiger partial charge is 0.321 e. The van der Waals surface area contributed by atoms with Gasteiger partial charge in [-0.05, 0) is 27.1 Å². The second-order valence-electron chi connectivity index (χ2n) is 4.32. The number of rotatable bonds is 5. The van der Waals surface area contributed by atoms with Crippen LogP contribution in [0.3, 0.4) is 0 Å². The van der Waals surface area contributed by atoms with E-state index in [2.05, 4.69) is 4.90 Å². The Balaban J connectivity index is 2.63. The molecule has 16 heavy (non-hydrogen) atoms. The molecule has 0 amide bonds. The molecule has 0 aromatic rings. The van der Waals surface area contributed by atoms with Crippen LogP contribution in [0.15, 0.2) is 0 Å². The van der Waals surface area contributed by atoms with Crippen LogP contribution in [0.1, 0.15) is 12.8 Å². The fourth-order valence-electron chi connectivity index (χ4n) is 2.07. The van der Waals surface area contributed by atoms with Gasteiger partial charge in [0.25, 0.3) is 0 Å². The number of likely N-dealkylation sites (N-methyl/N-ethyl adjacent to an activating group) is 2. The highest BCUT2D eigenvalue weighted by atomic mass is 16.4. The lowest BCUT2D eigenvalue weighted by molar-refractivity contribution is -0.150. The fourth-order valence-corrected chi connectivity index (χ4v) is 2.07. The van der Waals surface area contributed by atoms with Gasteiger partial charge in [-0.15, -0.1) is 0 Å². The molecule has 1 rings (SSSR count). The van der Waals surface area contributed by atoms with E-state index in [1.165, 1.54) is 0 Å². The summed E-state index contributed by atoms with van der Waals surface area (Å²) in [5.41, 5.74) is 0. The summed E-state index contributed by atoms with van der Waals surface area (Å²) >= 11 is 0. The molecule has 1 aliphatic heterocycles. The Morgan fingerprint density at radius 3 is 2.50 bits per heavy atom. The van der Waals surface area contributed by atoms with Crippen LogP contribution in [0.25, 0.3) is 0 Å². The third-order valence-corrected chi connectivity index (χ3v) is 3.09. The Bertz CT molecular complexity index is 282. The van der Waals surface area contributed by atoms with E-state index >= 15 is 0 Å². The number of hydrogen-bond donors (Lipinski definition) is 2. The standard InChI is InChI=1S/C10H18N2O4/c1-11-4-3-7(6-11)12(2)8(10(15)16)5-9(13)14/h7-8H,3-6H2,1-2H3,(H,13,14)(H,15,16). The van der Waals surface area contributed by atoms with Crippen molar-refractivity contribution in [3.05, 3.63) is 0 Å². The van der Waals surface area contributed by atoms with Crippen molar-refractivity contribution in [2.45, 2.75) is 24.9 Å². The van der Waals surface area contributed by atoms with E-state index in [-0.39, 0.29) is 12.5 Å². The third-order valence-electron chi connectivity index (χ3n) is 3.09. The molecule has 2 unspecified atom stereocenters. The molecule has 0 aliphatic carbocycles. The average molecular weight is 230 g/mol. The molecule has 2 N–H and O–H groups in total. The summed E-state index contributed by atoms with van der Waals surface area (Å²) in [6, 6.07) is -0.806. The van der Waals surface area contributed by atoms with Gasteiger partial charge in [-0.3, -0.25) is 14.5 Å². The van der Waals surface area contributed by atoms with Gasteiger partial charge in [0.1, 0.15) is 6.04 Å². The highest BCUT2D eigenvalue weighted by molar-refractivity contribution is 5.80. The summed E-state index contributed by atoms with van der Waals surface area (Å²) in [5, 5.41) is 17.7. The Morgan fingerprint density at radius 2 is 2.12 bits per heavy atom. The molecular formula is C10H18N2O4. The highest BCUT2D eigenvalue weighted by Crippen LogP contribution is 2.16. The first-order valence-electron chi connectivity index (χ1n) is 5.27. The first kappa shape index (κ1) is 12.9. The Hall–Kier alpha value is -1.14. The molecule has 0 bridgehead atoms. The van der Waals surface area contributed by atoms with E-state index in [1.54, 1.807) is 11.9 Å². The molecule has 6 heteroatoms. The molecule has 0 aromatic heterocycles. The van der Waals surface area contributed by atoms with Crippen LogP contribution in [0.2, 0.25) is 0 Å². The third kappa shape index (κ3) is 3.18. The first-order chi connectivity index (χ1) is 7.41. The monoisotopic (exact) mass is 230 g/mol. The maximum atomic E-state index is 11.0. The summed E-state index contributed by atoms with van der Waals surface area (Å²) in [6.07, 6.45) is 0.530. The summed E-state index contributed by atoms with van der Waals surface area (Å²) in [5.74, 6) is -2.15. The number of carbonyl (C=O) groups is 2. The summed E-state index contributed by atoms with van der Waals surface area (Å²) in [4.78, 5) is 25.4. The maximum Gasteiger partial charge on any atom is 0.321 e. The fraction of sp³-hybridized carbons (Fsp3) is 0.800. The predicted octanol–water partition coefficient (Wildman–Crippen LogP) is -0.450. The molecule has 2 atom stereocenters. The van der Waals surface area contributed by atoms with Crippen molar-refractivity contribution in [3.63, 3.8) is 0 Å². The lowest BCUT2D eigenvalue weighted by Crippen LogP contribution is -2.46. The van der Waals surface area contributed by atoms with Gasteiger partial charge in [0.15, 0.2) is 0 Å². The molecule has 0 spiro atoms. The van der Waals surface area contributed by atoms with Gasteiger partial charge in [-0.25, -0.2) is 0 Å². The van der Waals surface area contributed by atoms with E-state index in [4.69, 9.17) is 10.2 Å². The van der Waals surface area contributed by atoms with Crippen LogP contribution < -0.4 is 0 Å². The van der Waals surface area contributed by atoms with Crippen molar-refractivity contribution in [3.8, 4) is 0 Å². The largest absolute Gasteiger partial charge is 0.481 e. The van der Waals surface area contributed by atoms with Crippen LogP contribution in [0.4, 0.5) is 0 Å². The van der Waals surface area contributed by atoms with Gasteiger partial charge < -0.3 is 15.1 Å². The van der Waals surface area contributed by atoms with Crippen molar-refractivity contribution in [2.24, 2.45) is 0 Å². The van der Waals surface area contributed by atoms with Gasteiger partial charge in [0.05, 0.1) is 6.42 Å². The van der Waals surface area contributed by atoms with Crippen molar-refractivity contribution in [1.82, 2.24) is 9.80 Å². The van der Waals surface area contributed by atoms with Gasteiger partial charge in [0.2, 0.25) is 0 Å². The van der Waals surface area contributed by atoms with Crippen LogP contribution in [-0.2, 0) is 9.59 Å². The average Bonchev–Trinajstić information content (AvgIpc) is 2.59. The molecule has 1 heterocycles. The van der Waals surface area contributed by atoms with E-state index in [0.29, 0.717) is 0 Å². The molecule has 1 fully saturated rings. The number of nitrogens with zero attached hydrogens (tertiary/aromatic N) is 2. The highest BCUT2D eigenvalue weighted by Gasteiger charge is 2.33. The van der Waals surface area contributed by atoms with Gasteiger partial charge in [-0.1, -0.05) is 0 Å². The molecule has 0 aromatic carbocycles. The molecule has 1 saturated heterocycles. The van der Waals surface area contributed by atoms with E-state index < -0.39 is 18.0 Å². The number of carboxylic acid groups (broad SMARTS) is 2. The molecule has 0 saturated carbocycles. The van der Waals surface area contributed by atoms with Crippen LogP contribution in [0, 0.1) is 0 Å². The van der Waals surface area contributed by atoms with Crippen molar-refractivity contribution in [1.29, 1.82) is 0 Å². The predicted molar refractivity (Wildman–Crippen MR) is 57.3 cm³/mol. The van der Waals surface area contributed by atoms with E-state index in [0.717, 1.165) is 19.5 Å². The van der Waals surface area contributed by atoms with Gasteiger partial charge in [-0.2, -0.15) is 0 Å². The normalized spacial score (nSPS) is 23.6. The summed E-state index contributed by atoms with van der Waals surface area (Å²) < 4.78 is 0. The number of likely N-dealkylation sites (tertiary alicyclic amines) is 1. The van der Waals surface area contributed by atoms with Crippen LogP contribution in [-0.4, -0.2) is 71.2 Å². The maximum absolute atomic E-state index is 11.0. The molecule has 92 valence electrons. The lowest BCUT2D eigenvalue weighted by atomic mass is 10.1. The summed E-state index contributed by atoms with van der Waals surface area (Å²) in [7, 11) is 3.66. The lowest BCUT2D eigenvalue weighted by Gasteiger charge is -2.29. The minimum atomic E-state index is -1.08. The molecule has 1 aliphatic rings. The summed E-state index contributed by atoms with van der Waals surface area (Å²) in [6.45, 7) is 1.72. The minimum Gasteiger partial charge on any atom is -0.481 e. The van der Waals surface area contributed by atoms with Crippen molar-refractivity contribution < 1.29 is 19.8 Å². The Labute approximate surface area is 94.4 Å². The van der Waals surface area contributed by atoms with Crippen molar-refractivity contribution in [2.75, 3.05) is 27.2 Å². The second-order valence-corrected chi connectivity index (χ2v) is 4.32. The molecule has 6 nitrogen and oxygen atoms in total. The first-order valence-corrected chi connectivity index (χ1v) is 5.27. The van der Waals surface area contributed by atoms with Gasteiger partial charge in [0, 0.05) is 12.6 Å². The number of carboxylic acids is 2. The minimum absolute atomic E-state index is 0.130. The Morgan fingerprint density at radius 1 is 1.50 bits per heavy atom. The van der Waals surface area contributed by atoms with Crippen LogP contribution in [0.5, 0.6) is 0 Å². The quantitative estimate of drug-likeness (QED) is 0.666. The van der Waals surface area contributed by atoms with Gasteiger partial charge >= 0.3 is 11.9 Å². The number of hydrogen-bond acceptors (Lipinski definition) is 4. The molecular weight excluding hydrogens is 212 g/mol. The second kappa shape index (κ2) is 5.27.